The zero-order valence-electron chi connectivity index (χ0n) is 14.4. The van der Waals surface area contributed by atoms with Crippen LogP contribution in [0, 0.1) is 6.92 Å². The van der Waals surface area contributed by atoms with Gasteiger partial charge in [-0.3, -0.25) is 9.59 Å². The molecule has 1 amide bonds. The Morgan fingerprint density at radius 1 is 1.25 bits per heavy atom. The molecule has 7 heteroatoms. The number of rotatable bonds is 6. The van der Waals surface area contributed by atoms with Gasteiger partial charge in [0.15, 0.2) is 5.78 Å². The minimum atomic E-state index is -1.12. The summed E-state index contributed by atoms with van der Waals surface area (Å²) in [4.78, 5) is 35.3. The third-order valence-electron chi connectivity index (χ3n) is 3.14. The summed E-state index contributed by atoms with van der Waals surface area (Å²) in [5.41, 5.74) is 6.57. The number of alkyl carbamates (subject to hydrolysis) is 1. The van der Waals surface area contributed by atoms with Crippen LogP contribution >= 0.6 is 0 Å². The van der Waals surface area contributed by atoms with Crippen molar-refractivity contribution in [2.75, 3.05) is 5.73 Å². The number of aryl methyl sites for hydroxylation is 1. The summed E-state index contributed by atoms with van der Waals surface area (Å²) < 4.78 is 5.11. The quantitative estimate of drug-likeness (QED) is 0.542. The third kappa shape index (κ3) is 6.68. The SMILES string of the molecule is Cc1ccc(N)cc1C(=O)CC(CC(=O)O)NC(=O)OC(C)(C)C. The number of ketones is 1. The third-order valence-corrected chi connectivity index (χ3v) is 3.14. The number of carbonyl (C=O) groups is 3. The van der Waals surface area contributed by atoms with Gasteiger partial charge < -0.3 is 20.9 Å². The van der Waals surface area contributed by atoms with Gasteiger partial charge in [0, 0.05) is 23.7 Å². The van der Waals surface area contributed by atoms with E-state index in [2.05, 4.69) is 5.32 Å². The highest BCUT2D eigenvalue weighted by Gasteiger charge is 2.24. The molecule has 132 valence electrons. The van der Waals surface area contributed by atoms with Crippen molar-refractivity contribution in [3.05, 3.63) is 29.3 Å². The molecule has 0 spiro atoms. The number of carbonyl (C=O) groups excluding carboxylic acids is 2. The normalized spacial score (nSPS) is 12.3. The van der Waals surface area contributed by atoms with Crippen molar-refractivity contribution >= 4 is 23.5 Å². The number of nitrogens with two attached hydrogens (primary N) is 1. The van der Waals surface area contributed by atoms with Crippen LogP contribution in [0.4, 0.5) is 10.5 Å². The Balaban J connectivity index is 2.85. The first-order valence-corrected chi connectivity index (χ1v) is 7.58. The molecular formula is C17H24N2O5. The molecule has 1 aromatic carbocycles. The maximum Gasteiger partial charge on any atom is 0.407 e. The lowest BCUT2D eigenvalue weighted by atomic mass is 9.97. The number of Topliss-reactive ketones (excluding diaryl/α,β-unsaturated/α-hetero) is 1. The van der Waals surface area contributed by atoms with Crippen LogP contribution in [0.3, 0.4) is 0 Å². The summed E-state index contributed by atoms with van der Waals surface area (Å²) in [7, 11) is 0. The molecule has 0 aliphatic carbocycles. The predicted octanol–water partition coefficient (Wildman–Crippen LogP) is 2.52. The first-order chi connectivity index (χ1) is 11.0. The number of ether oxygens (including phenoxy) is 1. The predicted molar refractivity (Wildman–Crippen MR) is 89.9 cm³/mol. The van der Waals surface area contributed by atoms with Crippen LogP contribution in [-0.2, 0) is 9.53 Å². The number of benzene rings is 1. The topological polar surface area (TPSA) is 119 Å². The summed E-state index contributed by atoms with van der Waals surface area (Å²) in [6, 6.07) is 4.07. The van der Waals surface area contributed by atoms with Crippen molar-refractivity contribution in [3.63, 3.8) is 0 Å². The maximum atomic E-state index is 12.4. The van der Waals surface area contributed by atoms with Gasteiger partial charge >= 0.3 is 12.1 Å². The second-order valence-electron chi connectivity index (χ2n) is 6.64. The molecule has 0 aliphatic heterocycles. The first-order valence-electron chi connectivity index (χ1n) is 7.58. The molecule has 4 N–H and O–H groups in total. The molecule has 0 fully saturated rings. The molecule has 7 nitrogen and oxygen atoms in total. The van der Waals surface area contributed by atoms with Gasteiger partial charge in [0.25, 0.3) is 0 Å². The Labute approximate surface area is 141 Å². The van der Waals surface area contributed by atoms with Crippen molar-refractivity contribution < 1.29 is 24.2 Å². The van der Waals surface area contributed by atoms with Crippen molar-refractivity contribution in [3.8, 4) is 0 Å². The first kappa shape index (κ1) is 19.5. The lowest BCUT2D eigenvalue weighted by molar-refractivity contribution is -0.137. The van der Waals surface area contributed by atoms with Gasteiger partial charge in [-0.05, 0) is 45.4 Å². The van der Waals surface area contributed by atoms with E-state index < -0.39 is 23.7 Å². The molecule has 0 bridgehead atoms. The second kappa shape index (κ2) is 7.81. The fourth-order valence-electron chi connectivity index (χ4n) is 2.13. The molecule has 1 atom stereocenters. The number of hydrogen-bond acceptors (Lipinski definition) is 5. The van der Waals surface area contributed by atoms with Crippen LogP contribution in [0.1, 0.15) is 49.5 Å². The molecule has 1 rings (SSSR count). The van der Waals surface area contributed by atoms with Gasteiger partial charge in [-0.25, -0.2) is 4.79 Å². The fourth-order valence-corrected chi connectivity index (χ4v) is 2.13. The van der Waals surface area contributed by atoms with Gasteiger partial charge in [0.2, 0.25) is 0 Å². The van der Waals surface area contributed by atoms with Gasteiger partial charge in [0.1, 0.15) is 5.60 Å². The standard InChI is InChI=1S/C17H24N2O5/c1-10-5-6-11(18)7-13(10)14(20)8-12(9-15(21)22)19-16(23)24-17(2,3)4/h5-7,12H,8-9,18H2,1-4H3,(H,19,23)(H,21,22). The van der Waals surface area contributed by atoms with Crippen molar-refractivity contribution in [2.24, 2.45) is 0 Å². The van der Waals surface area contributed by atoms with Gasteiger partial charge in [-0.15, -0.1) is 0 Å². The average Bonchev–Trinajstić information content (AvgIpc) is 2.38. The van der Waals surface area contributed by atoms with E-state index in [-0.39, 0.29) is 18.6 Å². The number of carboxylic acid groups (broad SMARTS) is 1. The van der Waals surface area contributed by atoms with E-state index in [0.717, 1.165) is 5.56 Å². The Hall–Kier alpha value is -2.57. The number of anilines is 1. The van der Waals surface area contributed by atoms with Crippen LogP contribution in [0.5, 0.6) is 0 Å². The van der Waals surface area contributed by atoms with Gasteiger partial charge in [-0.2, -0.15) is 0 Å². The number of nitrogens with one attached hydrogen (secondary N) is 1. The summed E-state index contributed by atoms with van der Waals surface area (Å²) in [5, 5.41) is 11.4. The van der Waals surface area contributed by atoms with E-state index in [1.807, 2.05) is 0 Å². The van der Waals surface area contributed by atoms with E-state index in [9.17, 15) is 14.4 Å². The smallest absolute Gasteiger partial charge is 0.407 e. The second-order valence-corrected chi connectivity index (χ2v) is 6.64. The fraction of sp³-hybridized carbons (Fsp3) is 0.471. The van der Waals surface area contributed by atoms with E-state index in [1.54, 1.807) is 45.9 Å². The van der Waals surface area contributed by atoms with Gasteiger partial charge in [-0.1, -0.05) is 6.07 Å². The Morgan fingerprint density at radius 2 is 1.88 bits per heavy atom. The molecule has 0 aliphatic rings. The van der Waals surface area contributed by atoms with Crippen LogP contribution in [0.25, 0.3) is 0 Å². The number of nitrogen functional groups attached to an aromatic ring is 1. The highest BCUT2D eigenvalue weighted by atomic mass is 16.6. The summed E-state index contributed by atoms with van der Waals surface area (Å²) in [5.74, 6) is -1.41. The number of aliphatic carboxylic acids is 1. The molecule has 0 aromatic heterocycles. The van der Waals surface area contributed by atoms with Gasteiger partial charge in [0.05, 0.1) is 6.42 Å². The molecule has 1 aromatic rings. The molecular weight excluding hydrogens is 312 g/mol. The highest BCUT2D eigenvalue weighted by molar-refractivity contribution is 5.99. The van der Waals surface area contributed by atoms with Crippen molar-refractivity contribution in [1.82, 2.24) is 5.32 Å². The zero-order valence-corrected chi connectivity index (χ0v) is 14.4. The molecule has 0 heterocycles. The van der Waals surface area contributed by atoms with Crippen molar-refractivity contribution in [2.45, 2.75) is 52.2 Å². The average molecular weight is 336 g/mol. The Kier molecular flexibility index (Phi) is 6.34. The zero-order chi connectivity index (χ0) is 18.5. The minimum Gasteiger partial charge on any atom is -0.481 e. The molecule has 0 radical (unpaired) electrons. The Morgan fingerprint density at radius 3 is 2.42 bits per heavy atom. The minimum absolute atomic E-state index is 0.157. The summed E-state index contributed by atoms with van der Waals surface area (Å²) in [6.45, 7) is 6.85. The van der Waals surface area contributed by atoms with Crippen molar-refractivity contribution in [1.29, 1.82) is 0 Å². The van der Waals surface area contributed by atoms with Crippen LogP contribution in [-0.4, -0.2) is 34.6 Å². The van der Waals surface area contributed by atoms with Crippen LogP contribution < -0.4 is 11.1 Å². The Bertz CT molecular complexity index is 634. The highest BCUT2D eigenvalue weighted by Crippen LogP contribution is 2.17. The van der Waals surface area contributed by atoms with E-state index in [4.69, 9.17) is 15.6 Å². The molecule has 24 heavy (non-hydrogen) atoms. The van der Waals surface area contributed by atoms with E-state index in [0.29, 0.717) is 11.3 Å². The largest absolute Gasteiger partial charge is 0.481 e. The monoisotopic (exact) mass is 336 g/mol. The molecule has 0 saturated carbocycles. The summed E-state index contributed by atoms with van der Waals surface area (Å²) >= 11 is 0. The number of carboxylic acids is 1. The van der Waals surface area contributed by atoms with Crippen LogP contribution in [0.2, 0.25) is 0 Å². The van der Waals surface area contributed by atoms with Crippen LogP contribution in [0.15, 0.2) is 18.2 Å². The maximum absolute atomic E-state index is 12.4. The van der Waals surface area contributed by atoms with E-state index >= 15 is 0 Å². The lowest BCUT2D eigenvalue weighted by Crippen LogP contribution is -2.41. The lowest BCUT2D eigenvalue weighted by Gasteiger charge is -2.23. The number of hydrogen-bond donors (Lipinski definition) is 3. The summed E-state index contributed by atoms with van der Waals surface area (Å²) in [6.07, 6.45) is -1.30. The number of amides is 1. The van der Waals surface area contributed by atoms with E-state index in [1.165, 1.54) is 0 Å². The molecule has 0 saturated heterocycles. The molecule has 1 unspecified atom stereocenters.